The molecule has 1 N–H and O–H groups in total. The summed E-state index contributed by atoms with van der Waals surface area (Å²) in [4.78, 5) is 4.46. The van der Waals surface area contributed by atoms with Gasteiger partial charge in [0.1, 0.15) is 5.76 Å². The molecule has 100 valence electrons. The standard InChI is InChI=1S/C15H24N2O/c1-2-16-9-3-4-14-17-10-13(18-14)15(11-5-6-11)12-7-8-12/h10-12,15-16H,2-9H2,1H3. The van der Waals surface area contributed by atoms with Gasteiger partial charge in [-0.1, -0.05) is 6.92 Å². The Balaban J connectivity index is 1.54. The molecule has 2 aliphatic carbocycles. The second-order valence-electron chi connectivity index (χ2n) is 5.81. The lowest BCUT2D eigenvalue weighted by Crippen LogP contribution is -2.14. The first-order valence-electron chi connectivity index (χ1n) is 7.53. The average Bonchev–Trinajstić information content (AvgIpc) is 3.28. The molecule has 3 nitrogen and oxygen atoms in total. The first-order chi connectivity index (χ1) is 8.88. The van der Waals surface area contributed by atoms with Crippen molar-refractivity contribution in [3.8, 4) is 0 Å². The van der Waals surface area contributed by atoms with Crippen molar-refractivity contribution in [2.24, 2.45) is 11.8 Å². The fourth-order valence-electron chi connectivity index (χ4n) is 2.90. The van der Waals surface area contributed by atoms with Crippen molar-refractivity contribution in [2.45, 2.75) is 51.4 Å². The summed E-state index contributed by atoms with van der Waals surface area (Å²) in [5.41, 5.74) is 0. The van der Waals surface area contributed by atoms with E-state index in [4.69, 9.17) is 4.42 Å². The van der Waals surface area contributed by atoms with E-state index >= 15 is 0 Å². The van der Waals surface area contributed by atoms with Gasteiger partial charge in [0, 0.05) is 12.3 Å². The van der Waals surface area contributed by atoms with Crippen LogP contribution < -0.4 is 5.32 Å². The van der Waals surface area contributed by atoms with E-state index in [0.717, 1.165) is 43.7 Å². The van der Waals surface area contributed by atoms with Crippen molar-refractivity contribution in [3.63, 3.8) is 0 Å². The van der Waals surface area contributed by atoms with E-state index in [0.29, 0.717) is 5.92 Å². The molecule has 18 heavy (non-hydrogen) atoms. The van der Waals surface area contributed by atoms with Gasteiger partial charge in [-0.15, -0.1) is 0 Å². The molecule has 0 aromatic carbocycles. The van der Waals surface area contributed by atoms with Crippen molar-refractivity contribution >= 4 is 0 Å². The molecule has 1 aromatic heterocycles. The average molecular weight is 248 g/mol. The van der Waals surface area contributed by atoms with Crippen LogP contribution in [0.15, 0.2) is 10.6 Å². The zero-order chi connectivity index (χ0) is 12.4. The predicted molar refractivity (Wildman–Crippen MR) is 71.6 cm³/mol. The van der Waals surface area contributed by atoms with E-state index in [-0.39, 0.29) is 0 Å². The van der Waals surface area contributed by atoms with Crippen molar-refractivity contribution < 1.29 is 4.42 Å². The second-order valence-corrected chi connectivity index (χ2v) is 5.81. The largest absolute Gasteiger partial charge is 0.445 e. The van der Waals surface area contributed by atoms with Crippen LogP contribution >= 0.6 is 0 Å². The second kappa shape index (κ2) is 5.43. The first kappa shape index (κ1) is 12.2. The third kappa shape index (κ3) is 2.94. The Hall–Kier alpha value is -0.830. The van der Waals surface area contributed by atoms with Gasteiger partial charge in [0.25, 0.3) is 0 Å². The lowest BCUT2D eigenvalue weighted by Gasteiger charge is -2.10. The number of hydrogen-bond donors (Lipinski definition) is 1. The van der Waals surface area contributed by atoms with Crippen LogP contribution in [-0.4, -0.2) is 18.1 Å². The molecule has 0 unspecified atom stereocenters. The summed E-state index contributed by atoms with van der Waals surface area (Å²) in [5, 5.41) is 3.34. The summed E-state index contributed by atoms with van der Waals surface area (Å²) in [5.74, 6) is 4.62. The third-order valence-corrected chi connectivity index (χ3v) is 4.15. The fraction of sp³-hybridized carbons (Fsp3) is 0.800. The summed E-state index contributed by atoms with van der Waals surface area (Å²) in [6.45, 7) is 4.24. The topological polar surface area (TPSA) is 38.1 Å². The molecule has 2 fully saturated rings. The Bertz CT molecular complexity index is 368. The number of aryl methyl sites for hydroxylation is 1. The highest BCUT2D eigenvalue weighted by atomic mass is 16.4. The number of hydrogen-bond acceptors (Lipinski definition) is 3. The van der Waals surface area contributed by atoms with Crippen LogP contribution in [0.4, 0.5) is 0 Å². The number of nitrogens with zero attached hydrogens (tertiary/aromatic N) is 1. The molecular formula is C15H24N2O. The van der Waals surface area contributed by atoms with Crippen LogP contribution in [0.1, 0.15) is 56.6 Å². The number of rotatable bonds is 8. The molecule has 0 amide bonds. The van der Waals surface area contributed by atoms with Crippen LogP contribution in [-0.2, 0) is 6.42 Å². The van der Waals surface area contributed by atoms with E-state index in [1.54, 1.807) is 0 Å². The maximum Gasteiger partial charge on any atom is 0.194 e. The van der Waals surface area contributed by atoms with Crippen LogP contribution in [0, 0.1) is 11.8 Å². The molecule has 0 saturated heterocycles. The normalized spacial score (nSPS) is 19.7. The highest BCUT2D eigenvalue weighted by molar-refractivity contribution is 5.12. The fourth-order valence-corrected chi connectivity index (χ4v) is 2.90. The Labute approximate surface area is 109 Å². The monoisotopic (exact) mass is 248 g/mol. The van der Waals surface area contributed by atoms with Gasteiger partial charge < -0.3 is 9.73 Å². The maximum atomic E-state index is 5.99. The minimum atomic E-state index is 0.694. The Morgan fingerprint density at radius 2 is 2.06 bits per heavy atom. The van der Waals surface area contributed by atoms with Crippen molar-refractivity contribution in [1.29, 1.82) is 0 Å². The van der Waals surface area contributed by atoms with Gasteiger partial charge in [-0.25, -0.2) is 4.98 Å². The van der Waals surface area contributed by atoms with Gasteiger partial charge in [-0.3, -0.25) is 0 Å². The summed E-state index contributed by atoms with van der Waals surface area (Å²) in [6, 6.07) is 0. The van der Waals surface area contributed by atoms with Gasteiger partial charge in [0.05, 0.1) is 6.20 Å². The molecule has 0 aliphatic heterocycles. The predicted octanol–water partition coefficient (Wildman–Crippen LogP) is 3.12. The molecular weight excluding hydrogens is 224 g/mol. The molecule has 2 saturated carbocycles. The minimum absolute atomic E-state index is 0.694. The molecule has 1 heterocycles. The summed E-state index contributed by atoms with van der Waals surface area (Å²) < 4.78 is 5.99. The lowest BCUT2D eigenvalue weighted by atomic mass is 9.96. The minimum Gasteiger partial charge on any atom is -0.445 e. The van der Waals surface area contributed by atoms with Crippen molar-refractivity contribution in [3.05, 3.63) is 17.8 Å². The molecule has 1 aromatic rings. The number of nitrogens with one attached hydrogen (secondary N) is 1. The van der Waals surface area contributed by atoms with Gasteiger partial charge in [-0.2, -0.15) is 0 Å². The van der Waals surface area contributed by atoms with Gasteiger partial charge in [0.15, 0.2) is 5.89 Å². The van der Waals surface area contributed by atoms with Crippen LogP contribution in [0.3, 0.4) is 0 Å². The van der Waals surface area contributed by atoms with Crippen LogP contribution in [0.25, 0.3) is 0 Å². The highest BCUT2D eigenvalue weighted by Crippen LogP contribution is 2.54. The molecule has 0 bridgehead atoms. The van der Waals surface area contributed by atoms with E-state index < -0.39 is 0 Å². The van der Waals surface area contributed by atoms with Gasteiger partial charge >= 0.3 is 0 Å². The van der Waals surface area contributed by atoms with E-state index in [1.807, 2.05) is 6.20 Å². The smallest absolute Gasteiger partial charge is 0.194 e. The Morgan fingerprint density at radius 3 is 2.67 bits per heavy atom. The highest BCUT2D eigenvalue weighted by Gasteiger charge is 2.44. The third-order valence-electron chi connectivity index (χ3n) is 4.15. The van der Waals surface area contributed by atoms with Crippen LogP contribution in [0.2, 0.25) is 0 Å². The number of oxazole rings is 1. The number of aromatic nitrogens is 1. The van der Waals surface area contributed by atoms with Crippen molar-refractivity contribution in [1.82, 2.24) is 10.3 Å². The molecule has 2 aliphatic rings. The van der Waals surface area contributed by atoms with Crippen molar-refractivity contribution in [2.75, 3.05) is 13.1 Å². The molecule has 0 atom stereocenters. The van der Waals surface area contributed by atoms with E-state index in [2.05, 4.69) is 17.2 Å². The Kier molecular flexibility index (Phi) is 3.69. The van der Waals surface area contributed by atoms with Gasteiger partial charge in [-0.05, 0) is 57.0 Å². The summed E-state index contributed by atoms with van der Waals surface area (Å²) >= 11 is 0. The quantitative estimate of drug-likeness (QED) is 0.718. The molecule has 3 heteroatoms. The lowest BCUT2D eigenvalue weighted by molar-refractivity contribution is 0.380. The van der Waals surface area contributed by atoms with Crippen LogP contribution in [0.5, 0.6) is 0 Å². The summed E-state index contributed by atoms with van der Waals surface area (Å²) in [7, 11) is 0. The SMILES string of the molecule is CCNCCCc1ncc(C(C2CC2)C2CC2)o1. The van der Waals surface area contributed by atoms with Gasteiger partial charge in [0.2, 0.25) is 0 Å². The first-order valence-corrected chi connectivity index (χ1v) is 7.53. The zero-order valence-electron chi connectivity index (χ0n) is 11.3. The van der Waals surface area contributed by atoms with E-state index in [9.17, 15) is 0 Å². The summed E-state index contributed by atoms with van der Waals surface area (Å²) in [6.07, 6.45) is 9.69. The maximum absolute atomic E-state index is 5.99. The Morgan fingerprint density at radius 1 is 1.33 bits per heavy atom. The molecule has 3 rings (SSSR count). The van der Waals surface area contributed by atoms with E-state index in [1.165, 1.54) is 31.4 Å². The molecule has 0 radical (unpaired) electrons. The zero-order valence-corrected chi connectivity index (χ0v) is 11.3. The molecule has 0 spiro atoms.